The van der Waals surface area contributed by atoms with Crippen LogP contribution in [0.5, 0.6) is 5.75 Å². The Labute approximate surface area is 124 Å². The molecule has 116 valence electrons. The van der Waals surface area contributed by atoms with Gasteiger partial charge in [0.15, 0.2) is 0 Å². The monoisotopic (exact) mass is 313 g/mol. The zero-order valence-electron chi connectivity index (χ0n) is 12.2. The van der Waals surface area contributed by atoms with Crippen molar-refractivity contribution in [2.24, 2.45) is 5.92 Å². The van der Waals surface area contributed by atoms with Crippen molar-refractivity contribution in [3.63, 3.8) is 0 Å². The Hall–Kier alpha value is -1.60. The van der Waals surface area contributed by atoms with E-state index in [0.29, 0.717) is 6.42 Å². The lowest BCUT2D eigenvalue weighted by molar-refractivity contribution is -0.141. The Morgan fingerprint density at radius 2 is 2.10 bits per heavy atom. The molecule has 1 heterocycles. The molecule has 1 saturated heterocycles. The van der Waals surface area contributed by atoms with Crippen molar-refractivity contribution in [3.8, 4) is 5.75 Å². The van der Waals surface area contributed by atoms with E-state index in [4.69, 9.17) is 4.74 Å². The average Bonchev–Trinajstić information content (AvgIpc) is 2.81. The molecular weight excluding hydrogens is 294 g/mol. The van der Waals surface area contributed by atoms with E-state index in [0.717, 1.165) is 9.87 Å². The van der Waals surface area contributed by atoms with E-state index in [9.17, 15) is 18.3 Å². The molecule has 21 heavy (non-hydrogen) atoms. The van der Waals surface area contributed by atoms with Crippen molar-refractivity contribution in [2.75, 3.05) is 13.7 Å². The van der Waals surface area contributed by atoms with Crippen LogP contribution in [0.25, 0.3) is 0 Å². The number of aliphatic carboxylic acids is 1. The fourth-order valence-corrected chi connectivity index (χ4v) is 4.60. The van der Waals surface area contributed by atoms with Crippen LogP contribution in [0.3, 0.4) is 0 Å². The van der Waals surface area contributed by atoms with E-state index < -0.39 is 22.0 Å². The number of aryl methyl sites for hydroxylation is 1. The van der Waals surface area contributed by atoms with Gasteiger partial charge in [-0.25, -0.2) is 8.42 Å². The normalized spacial score (nSPS) is 23.2. The number of ether oxygens (including phenoxy) is 1. The third kappa shape index (κ3) is 2.75. The summed E-state index contributed by atoms with van der Waals surface area (Å²) in [5.74, 6) is -1.10. The van der Waals surface area contributed by atoms with Crippen LogP contribution in [0.1, 0.15) is 18.9 Å². The van der Waals surface area contributed by atoms with Gasteiger partial charge < -0.3 is 9.84 Å². The second-order valence-electron chi connectivity index (χ2n) is 5.32. The fraction of sp³-hybridized carbons (Fsp3) is 0.500. The number of hydrogen-bond acceptors (Lipinski definition) is 4. The van der Waals surface area contributed by atoms with Crippen LogP contribution in [-0.4, -0.2) is 43.5 Å². The number of sulfonamides is 1. The van der Waals surface area contributed by atoms with Crippen LogP contribution in [0, 0.1) is 12.8 Å². The minimum Gasteiger partial charge on any atom is -0.495 e. The molecule has 6 nitrogen and oxygen atoms in total. The number of carboxylic acid groups (broad SMARTS) is 1. The Morgan fingerprint density at radius 3 is 2.67 bits per heavy atom. The summed E-state index contributed by atoms with van der Waals surface area (Å²) in [5, 5.41) is 9.31. The summed E-state index contributed by atoms with van der Waals surface area (Å²) in [5.41, 5.74) is 0.772. The maximum atomic E-state index is 12.8. The Bertz CT molecular complexity index is 655. The van der Waals surface area contributed by atoms with Gasteiger partial charge in [0.25, 0.3) is 0 Å². The summed E-state index contributed by atoms with van der Waals surface area (Å²) in [6.45, 7) is 3.74. The van der Waals surface area contributed by atoms with Gasteiger partial charge in [0, 0.05) is 6.54 Å². The van der Waals surface area contributed by atoms with Gasteiger partial charge >= 0.3 is 5.97 Å². The van der Waals surface area contributed by atoms with Crippen LogP contribution in [0.2, 0.25) is 0 Å². The van der Waals surface area contributed by atoms with Gasteiger partial charge in [0.05, 0.1) is 7.11 Å². The highest BCUT2D eigenvalue weighted by Crippen LogP contribution is 2.34. The molecule has 7 heteroatoms. The predicted octanol–water partition coefficient (Wildman–Crippen LogP) is 1.49. The number of carboxylic acids is 1. The van der Waals surface area contributed by atoms with E-state index in [1.165, 1.54) is 13.2 Å². The standard InChI is InChI=1S/C14H19NO5S/c1-9-4-5-11(20-3)12(8-9)21(18,19)15-7-6-10(2)13(15)14(16)17/h4-5,8,10,13H,6-7H2,1-3H3,(H,16,17). The first-order valence-electron chi connectivity index (χ1n) is 6.68. The molecule has 1 aromatic rings. The lowest BCUT2D eigenvalue weighted by Crippen LogP contribution is -2.42. The zero-order valence-corrected chi connectivity index (χ0v) is 13.1. The first kappa shape index (κ1) is 15.8. The summed E-state index contributed by atoms with van der Waals surface area (Å²) < 4.78 is 31.8. The molecule has 2 atom stereocenters. The largest absolute Gasteiger partial charge is 0.495 e. The first-order chi connectivity index (χ1) is 9.78. The van der Waals surface area contributed by atoms with E-state index >= 15 is 0 Å². The van der Waals surface area contributed by atoms with Gasteiger partial charge in [-0.1, -0.05) is 13.0 Å². The summed E-state index contributed by atoms with van der Waals surface area (Å²) >= 11 is 0. The molecule has 2 unspecified atom stereocenters. The molecule has 1 N–H and O–H groups in total. The molecule has 1 fully saturated rings. The summed E-state index contributed by atoms with van der Waals surface area (Å²) in [4.78, 5) is 11.4. The first-order valence-corrected chi connectivity index (χ1v) is 8.12. The van der Waals surface area contributed by atoms with Crippen LogP contribution in [0.4, 0.5) is 0 Å². The Kier molecular flexibility index (Phi) is 4.25. The second-order valence-corrected chi connectivity index (χ2v) is 7.18. The topological polar surface area (TPSA) is 83.9 Å². The maximum absolute atomic E-state index is 12.8. The maximum Gasteiger partial charge on any atom is 0.322 e. The van der Waals surface area contributed by atoms with Gasteiger partial charge in [-0.05, 0) is 37.0 Å². The van der Waals surface area contributed by atoms with Crippen LogP contribution < -0.4 is 4.74 Å². The molecule has 0 spiro atoms. The predicted molar refractivity (Wildman–Crippen MR) is 76.8 cm³/mol. The van der Waals surface area contributed by atoms with Crippen molar-refractivity contribution in [1.29, 1.82) is 0 Å². The van der Waals surface area contributed by atoms with Crippen LogP contribution >= 0.6 is 0 Å². The molecule has 1 aliphatic heterocycles. The molecule has 0 aliphatic carbocycles. The SMILES string of the molecule is COc1ccc(C)cc1S(=O)(=O)N1CCC(C)C1C(=O)O. The van der Waals surface area contributed by atoms with E-state index in [2.05, 4.69) is 0 Å². The van der Waals surface area contributed by atoms with Crippen molar-refractivity contribution in [1.82, 2.24) is 4.31 Å². The molecule has 0 bridgehead atoms. The number of methoxy groups -OCH3 is 1. The third-order valence-corrected chi connectivity index (χ3v) is 5.71. The minimum atomic E-state index is -3.90. The molecule has 1 aromatic carbocycles. The fourth-order valence-electron chi connectivity index (χ4n) is 2.66. The van der Waals surface area contributed by atoms with E-state index in [1.54, 1.807) is 26.0 Å². The second kappa shape index (κ2) is 5.65. The number of nitrogens with zero attached hydrogens (tertiary/aromatic N) is 1. The number of rotatable bonds is 4. The molecular formula is C14H19NO5S. The van der Waals surface area contributed by atoms with Gasteiger partial charge in [0.2, 0.25) is 10.0 Å². The van der Waals surface area contributed by atoms with Crippen molar-refractivity contribution in [3.05, 3.63) is 23.8 Å². The average molecular weight is 313 g/mol. The highest BCUT2D eigenvalue weighted by molar-refractivity contribution is 7.89. The Balaban J connectivity index is 2.52. The van der Waals surface area contributed by atoms with Gasteiger partial charge in [-0.3, -0.25) is 4.79 Å². The third-order valence-electron chi connectivity index (χ3n) is 3.81. The molecule has 1 aliphatic rings. The molecule has 0 amide bonds. The van der Waals surface area contributed by atoms with Gasteiger partial charge in [0.1, 0.15) is 16.7 Å². The molecule has 0 radical (unpaired) electrons. The minimum absolute atomic E-state index is 0.0188. The van der Waals surface area contributed by atoms with E-state index in [1.807, 2.05) is 0 Å². The molecule has 0 aromatic heterocycles. The zero-order chi connectivity index (χ0) is 15.8. The van der Waals surface area contributed by atoms with Gasteiger partial charge in [-0.15, -0.1) is 0 Å². The van der Waals surface area contributed by atoms with Crippen LogP contribution in [-0.2, 0) is 14.8 Å². The Morgan fingerprint density at radius 1 is 1.43 bits per heavy atom. The molecule has 0 saturated carbocycles. The summed E-state index contributed by atoms with van der Waals surface area (Å²) in [6.07, 6.45) is 0.532. The molecule has 2 rings (SSSR count). The quantitative estimate of drug-likeness (QED) is 0.910. The van der Waals surface area contributed by atoms with E-state index in [-0.39, 0.29) is 23.1 Å². The highest BCUT2D eigenvalue weighted by atomic mass is 32.2. The van der Waals surface area contributed by atoms with Crippen molar-refractivity contribution >= 4 is 16.0 Å². The van der Waals surface area contributed by atoms with Crippen LogP contribution in [0.15, 0.2) is 23.1 Å². The smallest absolute Gasteiger partial charge is 0.322 e. The highest BCUT2D eigenvalue weighted by Gasteiger charge is 2.44. The number of carbonyl (C=O) groups is 1. The van der Waals surface area contributed by atoms with Gasteiger partial charge in [-0.2, -0.15) is 4.31 Å². The van der Waals surface area contributed by atoms with Crippen molar-refractivity contribution in [2.45, 2.75) is 31.2 Å². The lowest BCUT2D eigenvalue weighted by Gasteiger charge is -2.23. The van der Waals surface area contributed by atoms with Crippen molar-refractivity contribution < 1.29 is 23.1 Å². The lowest BCUT2D eigenvalue weighted by atomic mass is 10.0. The number of benzene rings is 1. The summed E-state index contributed by atoms with van der Waals surface area (Å²) in [6, 6.07) is 3.81. The number of hydrogen-bond donors (Lipinski definition) is 1. The summed E-state index contributed by atoms with van der Waals surface area (Å²) in [7, 11) is -2.51.